The van der Waals surface area contributed by atoms with E-state index in [9.17, 15) is 14.4 Å². The number of carbonyl (C=O) groups excluding carboxylic acids is 2. The molecule has 116 valence electrons. The highest BCUT2D eigenvalue weighted by Gasteiger charge is 2.22. The summed E-state index contributed by atoms with van der Waals surface area (Å²) in [5, 5.41) is 11.9. The molecule has 3 amide bonds. The van der Waals surface area contributed by atoms with Gasteiger partial charge in [0.2, 0.25) is 5.91 Å². The van der Waals surface area contributed by atoms with E-state index < -0.39 is 23.9 Å². The van der Waals surface area contributed by atoms with E-state index in [-0.39, 0.29) is 6.42 Å². The zero-order valence-corrected chi connectivity index (χ0v) is 11.8. The van der Waals surface area contributed by atoms with Crippen LogP contribution in [0.15, 0.2) is 30.5 Å². The number of H-pyrrole nitrogens is 1. The first-order valence-electron chi connectivity index (χ1n) is 6.58. The van der Waals surface area contributed by atoms with Crippen LogP contribution < -0.4 is 16.2 Å². The standard InChI is InChI=1S/C14H16N4O4/c1-8(19)17-18-13(20)12(16-14(21)22)6-9-7-15-11-5-3-2-4-10(9)11/h2-5,7,12,15-16H,6H2,1H3,(H,17,19)(H,18,20)(H,21,22)/t12-/m0/s1. The second-order valence-corrected chi connectivity index (χ2v) is 4.74. The van der Waals surface area contributed by atoms with Gasteiger partial charge in [-0.05, 0) is 11.6 Å². The first kappa shape index (κ1) is 15.4. The molecule has 0 bridgehead atoms. The third-order valence-corrected chi connectivity index (χ3v) is 3.07. The lowest BCUT2D eigenvalue weighted by Crippen LogP contribution is -2.52. The molecule has 0 aliphatic heterocycles. The Morgan fingerprint density at radius 3 is 2.64 bits per heavy atom. The Balaban J connectivity index is 2.17. The van der Waals surface area contributed by atoms with E-state index in [1.54, 1.807) is 6.20 Å². The van der Waals surface area contributed by atoms with Gasteiger partial charge < -0.3 is 15.4 Å². The molecule has 0 aliphatic rings. The van der Waals surface area contributed by atoms with Gasteiger partial charge in [-0.15, -0.1) is 0 Å². The van der Waals surface area contributed by atoms with Crippen molar-refractivity contribution in [3.63, 3.8) is 0 Å². The average molecular weight is 304 g/mol. The fourth-order valence-corrected chi connectivity index (χ4v) is 2.12. The number of hydrogen-bond donors (Lipinski definition) is 5. The zero-order chi connectivity index (χ0) is 16.1. The molecule has 0 radical (unpaired) electrons. The molecule has 1 aromatic heterocycles. The fourth-order valence-electron chi connectivity index (χ4n) is 2.12. The molecule has 8 nitrogen and oxygen atoms in total. The molecule has 0 saturated heterocycles. The lowest BCUT2D eigenvalue weighted by Gasteiger charge is -2.16. The van der Waals surface area contributed by atoms with E-state index in [1.165, 1.54) is 6.92 Å². The number of hydrogen-bond acceptors (Lipinski definition) is 3. The summed E-state index contributed by atoms with van der Waals surface area (Å²) >= 11 is 0. The van der Waals surface area contributed by atoms with Gasteiger partial charge in [-0.3, -0.25) is 20.4 Å². The van der Waals surface area contributed by atoms with Crippen LogP contribution in [0.4, 0.5) is 4.79 Å². The number of amides is 3. The van der Waals surface area contributed by atoms with Crippen LogP contribution in [0.2, 0.25) is 0 Å². The lowest BCUT2D eigenvalue weighted by molar-refractivity contribution is -0.129. The number of hydrazine groups is 1. The maximum absolute atomic E-state index is 12.0. The summed E-state index contributed by atoms with van der Waals surface area (Å²) in [6, 6.07) is 6.47. The van der Waals surface area contributed by atoms with Crippen molar-refractivity contribution in [2.75, 3.05) is 0 Å². The number of benzene rings is 1. The quantitative estimate of drug-likeness (QED) is 0.528. The smallest absolute Gasteiger partial charge is 0.405 e. The van der Waals surface area contributed by atoms with Gasteiger partial charge in [-0.1, -0.05) is 18.2 Å². The van der Waals surface area contributed by atoms with Crippen LogP contribution in [0.3, 0.4) is 0 Å². The molecule has 0 saturated carbocycles. The highest BCUT2D eigenvalue weighted by atomic mass is 16.4. The molecule has 22 heavy (non-hydrogen) atoms. The van der Waals surface area contributed by atoms with Crippen molar-refractivity contribution in [3.05, 3.63) is 36.0 Å². The largest absolute Gasteiger partial charge is 0.465 e. The summed E-state index contributed by atoms with van der Waals surface area (Å²) in [7, 11) is 0. The van der Waals surface area contributed by atoms with E-state index in [0.717, 1.165) is 16.5 Å². The molecule has 0 unspecified atom stereocenters. The Kier molecular flexibility index (Phi) is 4.62. The Labute approximate surface area is 125 Å². The SMILES string of the molecule is CC(=O)NNC(=O)[C@H](Cc1c[nH]c2ccccc12)NC(=O)O. The van der Waals surface area contributed by atoms with Gasteiger partial charge in [0, 0.05) is 30.4 Å². The van der Waals surface area contributed by atoms with E-state index in [0.29, 0.717) is 0 Å². The molecule has 1 heterocycles. The van der Waals surface area contributed by atoms with Crippen LogP contribution in [-0.4, -0.2) is 34.0 Å². The molecule has 1 atom stereocenters. The van der Waals surface area contributed by atoms with Crippen molar-refractivity contribution in [1.82, 2.24) is 21.2 Å². The van der Waals surface area contributed by atoms with E-state index in [1.807, 2.05) is 24.3 Å². The summed E-state index contributed by atoms with van der Waals surface area (Å²) in [5.74, 6) is -1.09. The summed E-state index contributed by atoms with van der Waals surface area (Å²) in [5.41, 5.74) is 6.01. The highest BCUT2D eigenvalue weighted by molar-refractivity contribution is 5.89. The molecule has 0 spiro atoms. The lowest BCUT2D eigenvalue weighted by atomic mass is 10.0. The number of para-hydroxylation sites is 1. The van der Waals surface area contributed by atoms with Gasteiger partial charge >= 0.3 is 6.09 Å². The minimum absolute atomic E-state index is 0.154. The zero-order valence-electron chi connectivity index (χ0n) is 11.8. The second-order valence-electron chi connectivity index (χ2n) is 4.74. The minimum atomic E-state index is -1.32. The van der Waals surface area contributed by atoms with Crippen molar-refractivity contribution < 1.29 is 19.5 Å². The molecule has 2 rings (SSSR count). The molecule has 1 aromatic carbocycles. The van der Waals surface area contributed by atoms with E-state index >= 15 is 0 Å². The predicted molar refractivity (Wildman–Crippen MR) is 78.9 cm³/mol. The molecule has 5 N–H and O–H groups in total. The van der Waals surface area contributed by atoms with Gasteiger partial charge in [-0.25, -0.2) is 4.79 Å². The number of nitrogens with one attached hydrogen (secondary N) is 4. The summed E-state index contributed by atoms with van der Waals surface area (Å²) in [6.45, 7) is 1.24. The van der Waals surface area contributed by atoms with Crippen LogP contribution in [0.25, 0.3) is 10.9 Å². The molecule has 8 heteroatoms. The monoisotopic (exact) mass is 304 g/mol. The molecule has 0 aliphatic carbocycles. The van der Waals surface area contributed by atoms with Gasteiger partial charge in [0.1, 0.15) is 6.04 Å². The highest BCUT2D eigenvalue weighted by Crippen LogP contribution is 2.19. The van der Waals surface area contributed by atoms with Crippen LogP contribution in [0.5, 0.6) is 0 Å². The average Bonchev–Trinajstić information content (AvgIpc) is 2.87. The van der Waals surface area contributed by atoms with Crippen LogP contribution in [0, 0.1) is 0 Å². The Bertz CT molecular complexity index is 710. The van der Waals surface area contributed by atoms with Crippen molar-refractivity contribution in [1.29, 1.82) is 0 Å². The van der Waals surface area contributed by atoms with Crippen molar-refractivity contribution in [2.45, 2.75) is 19.4 Å². The van der Waals surface area contributed by atoms with Gasteiger partial charge in [0.25, 0.3) is 5.91 Å². The first-order valence-corrected chi connectivity index (χ1v) is 6.58. The van der Waals surface area contributed by atoms with Crippen LogP contribution in [-0.2, 0) is 16.0 Å². The Morgan fingerprint density at radius 1 is 1.23 bits per heavy atom. The molecular weight excluding hydrogens is 288 g/mol. The number of carboxylic acid groups (broad SMARTS) is 1. The van der Waals surface area contributed by atoms with Crippen LogP contribution >= 0.6 is 0 Å². The normalized spacial score (nSPS) is 11.7. The maximum Gasteiger partial charge on any atom is 0.405 e. The Hall–Kier alpha value is -3.03. The van der Waals surface area contributed by atoms with Gasteiger partial charge in [0.05, 0.1) is 0 Å². The number of aromatic amines is 1. The van der Waals surface area contributed by atoms with Crippen LogP contribution in [0.1, 0.15) is 12.5 Å². The predicted octanol–water partition coefficient (Wildman–Crippen LogP) is 0.514. The van der Waals surface area contributed by atoms with Gasteiger partial charge in [0.15, 0.2) is 0 Å². The van der Waals surface area contributed by atoms with E-state index in [2.05, 4.69) is 21.2 Å². The fraction of sp³-hybridized carbons (Fsp3) is 0.214. The molecular formula is C14H16N4O4. The number of carbonyl (C=O) groups is 3. The maximum atomic E-state index is 12.0. The van der Waals surface area contributed by atoms with Crippen molar-refractivity contribution in [3.8, 4) is 0 Å². The molecule has 2 aromatic rings. The summed E-state index contributed by atoms with van der Waals surface area (Å²) in [4.78, 5) is 36.7. The minimum Gasteiger partial charge on any atom is -0.465 e. The number of rotatable bonds is 4. The Morgan fingerprint density at radius 2 is 1.95 bits per heavy atom. The number of aromatic nitrogens is 1. The van der Waals surface area contributed by atoms with Gasteiger partial charge in [-0.2, -0.15) is 0 Å². The van der Waals surface area contributed by atoms with E-state index in [4.69, 9.17) is 5.11 Å². The number of fused-ring (bicyclic) bond motifs is 1. The van der Waals surface area contributed by atoms with Crippen molar-refractivity contribution >= 4 is 28.8 Å². The third-order valence-electron chi connectivity index (χ3n) is 3.07. The first-order chi connectivity index (χ1) is 10.5. The summed E-state index contributed by atoms with van der Waals surface area (Å²) in [6.07, 6.45) is 0.567. The topological polar surface area (TPSA) is 123 Å². The summed E-state index contributed by atoms with van der Waals surface area (Å²) < 4.78 is 0. The third kappa shape index (κ3) is 3.75. The second kappa shape index (κ2) is 6.61. The van der Waals surface area contributed by atoms with Crippen molar-refractivity contribution in [2.24, 2.45) is 0 Å². The molecule has 0 fully saturated rings.